The number of carboxylic acid groups (broad SMARTS) is 1. The molecular weight excluding hydrogens is 473 g/mol. The molecule has 4 heterocycles. The molecule has 14 heteroatoms. The summed E-state index contributed by atoms with van der Waals surface area (Å²) in [7, 11) is 0. The second-order valence-corrected chi connectivity index (χ2v) is 9.94. The average molecular weight is 492 g/mol. The number of thioether (sulfide) groups is 1. The number of β-lactam (4-membered cyclic amide) rings is 1. The predicted molar refractivity (Wildman–Crippen MR) is 120 cm³/mol. The third kappa shape index (κ3) is 4.14. The number of carbonyl (C=O) groups is 4. The van der Waals surface area contributed by atoms with E-state index in [0.29, 0.717) is 5.00 Å². The number of amides is 3. The van der Waals surface area contributed by atoms with Crippen LogP contribution in [0.25, 0.3) is 0 Å². The van der Waals surface area contributed by atoms with E-state index < -0.39 is 17.4 Å². The molecule has 0 radical (unpaired) electrons. The van der Waals surface area contributed by atoms with Crippen molar-refractivity contribution in [1.29, 1.82) is 0 Å². The minimum atomic E-state index is -1.43. The Morgan fingerprint density at radius 2 is 2.06 bits per heavy atom. The van der Waals surface area contributed by atoms with Gasteiger partial charge in [0.15, 0.2) is 0 Å². The summed E-state index contributed by atoms with van der Waals surface area (Å²) in [4.78, 5) is 51.7. The number of nitrogens with one attached hydrogen (secondary N) is 1. The molecule has 0 aromatic carbocycles. The van der Waals surface area contributed by atoms with Crippen LogP contribution in [0, 0.1) is 0 Å². The first-order chi connectivity index (χ1) is 14.2. The van der Waals surface area contributed by atoms with Gasteiger partial charge in [0.1, 0.15) is 21.8 Å². The summed E-state index contributed by atoms with van der Waals surface area (Å²) in [6, 6.07) is 2.92. The van der Waals surface area contributed by atoms with Crippen molar-refractivity contribution in [3.05, 3.63) is 22.5 Å². The summed E-state index contributed by atoms with van der Waals surface area (Å²) < 4.78 is 0. The van der Waals surface area contributed by atoms with Gasteiger partial charge < -0.3 is 15.3 Å². The Hall–Kier alpha value is -1.51. The maximum absolute atomic E-state index is 13.0. The Balaban J connectivity index is 0.00000272. The number of aromatic nitrogens is 2. The number of rotatable bonds is 5. The molecule has 2 aliphatic heterocycles. The van der Waals surface area contributed by atoms with Gasteiger partial charge >= 0.3 is 35.5 Å². The van der Waals surface area contributed by atoms with E-state index in [1.54, 1.807) is 6.07 Å². The second kappa shape index (κ2) is 9.16. The van der Waals surface area contributed by atoms with Crippen LogP contribution in [0.4, 0.5) is 10.1 Å². The molecule has 2 fully saturated rings. The Kier molecular flexibility index (Phi) is 7.13. The SMILES string of the molecule is CC(=O)Nc1nnc(C2(C(=O)O)CS[C@@H]3C(N(C(C)=O)c4cccs4)C(=O)N3C2)s1.[NaH]. The van der Waals surface area contributed by atoms with Crippen molar-refractivity contribution < 1.29 is 24.3 Å². The first-order valence-corrected chi connectivity index (χ1v) is 11.6. The molecule has 160 valence electrons. The molecule has 0 spiro atoms. The fourth-order valence-electron chi connectivity index (χ4n) is 3.52. The molecule has 2 aromatic rings. The summed E-state index contributed by atoms with van der Waals surface area (Å²) in [5, 5.41) is 22.9. The third-order valence-corrected chi connectivity index (χ3v) is 8.37. The first kappa shape index (κ1) is 24.1. The monoisotopic (exact) mass is 491 g/mol. The molecule has 10 nitrogen and oxygen atoms in total. The van der Waals surface area contributed by atoms with Crippen LogP contribution >= 0.6 is 34.4 Å². The van der Waals surface area contributed by atoms with Crippen LogP contribution in [-0.4, -0.2) is 97.2 Å². The van der Waals surface area contributed by atoms with E-state index >= 15 is 0 Å². The van der Waals surface area contributed by atoms with Crippen molar-refractivity contribution in [1.82, 2.24) is 15.1 Å². The molecule has 2 aromatic heterocycles. The quantitative estimate of drug-likeness (QED) is 0.458. The number of nitrogens with zero attached hydrogens (tertiary/aromatic N) is 4. The molecule has 31 heavy (non-hydrogen) atoms. The zero-order valence-corrected chi connectivity index (χ0v) is 18.3. The zero-order valence-electron chi connectivity index (χ0n) is 15.9. The summed E-state index contributed by atoms with van der Waals surface area (Å²) >= 11 is 3.66. The molecular formula is C17H18N5NaO5S3. The number of anilines is 2. The molecule has 4 rings (SSSR count). The maximum atomic E-state index is 13.0. The van der Waals surface area contributed by atoms with Crippen molar-refractivity contribution in [2.75, 3.05) is 22.5 Å². The van der Waals surface area contributed by atoms with E-state index in [1.165, 1.54) is 46.7 Å². The van der Waals surface area contributed by atoms with Gasteiger partial charge in [-0.3, -0.25) is 24.1 Å². The van der Waals surface area contributed by atoms with Crippen LogP contribution in [0.3, 0.4) is 0 Å². The van der Waals surface area contributed by atoms with Gasteiger partial charge in [-0.1, -0.05) is 11.3 Å². The molecule has 0 bridgehead atoms. The summed E-state index contributed by atoms with van der Waals surface area (Å²) in [5.74, 6) is -1.82. The molecule has 3 amide bonds. The van der Waals surface area contributed by atoms with Gasteiger partial charge in [0, 0.05) is 26.1 Å². The number of thiophene rings is 1. The van der Waals surface area contributed by atoms with Crippen LogP contribution in [0.1, 0.15) is 18.9 Å². The number of fused-ring (bicyclic) bond motifs is 1. The van der Waals surface area contributed by atoms with Gasteiger partial charge in [0.2, 0.25) is 22.9 Å². The minimum absolute atomic E-state index is 0. The van der Waals surface area contributed by atoms with E-state index in [1.807, 2.05) is 11.4 Å². The number of hydrogen-bond acceptors (Lipinski definition) is 9. The fourth-order valence-corrected chi connectivity index (χ4v) is 6.97. The first-order valence-electron chi connectivity index (χ1n) is 8.85. The topological polar surface area (TPSA) is 133 Å². The Labute approximate surface area is 211 Å². The van der Waals surface area contributed by atoms with Crippen LogP contribution in [0.5, 0.6) is 0 Å². The zero-order chi connectivity index (χ0) is 21.6. The summed E-state index contributed by atoms with van der Waals surface area (Å²) in [6.45, 7) is 2.66. The van der Waals surface area contributed by atoms with Crippen LogP contribution in [0.2, 0.25) is 0 Å². The molecule has 2 aliphatic rings. The van der Waals surface area contributed by atoms with Crippen molar-refractivity contribution in [2.24, 2.45) is 0 Å². The van der Waals surface area contributed by atoms with E-state index in [2.05, 4.69) is 15.5 Å². The third-order valence-electron chi connectivity index (χ3n) is 4.94. The number of carbonyl (C=O) groups excluding carboxylic acids is 3. The number of carboxylic acids is 1. The van der Waals surface area contributed by atoms with Crippen LogP contribution in [0.15, 0.2) is 17.5 Å². The van der Waals surface area contributed by atoms with Crippen molar-refractivity contribution >= 4 is 97.8 Å². The Bertz CT molecular complexity index is 1030. The van der Waals surface area contributed by atoms with Crippen LogP contribution < -0.4 is 10.2 Å². The van der Waals surface area contributed by atoms with Crippen molar-refractivity contribution in [2.45, 2.75) is 30.7 Å². The molecule has 2 N–H and O–H groups in total. The summed E-state index contributed by atoms with van der Waals surface area (Å²) in [6.07, 6.45) is 0. The Morgan fingerprint density at radius 3 is 2.65 bits per heavy atom. The Morgan fingerprint density at radius 1 is 1.32 bits per heavy atom. The normalized spacial score (nSPS) is 24.5. The van der Waals surface area contributed by atoms with Crippen LogP contribution in [-0.2, 0) is 24.6 Å². The standard InChI is InChI=1S/C17H17N5O5S3.Na.H/c1-8(23)18-16-20-19-14(30-16)17(15(26)27)6-21-12(25)11(13(21)29-7-17)22(9(2)24)10-4-3-5-28-10;;/h3-5,11,13H,6-7H2,1-2H3,(H,26,27)(H,18,20,23);;/t11?,13-,17?;;/m1../s1. The second-order valence-electron chi connectivity index (χ2n) is 6.93. The molecule has 2 saturated heterocycles. The van der Waals surface area contributed by atoms with Crippen molar-refractivity contribution in [3.63, 3.8) is 0 Å². The molecule has 3 atom stereocenters. The van der Waals surface area contributed by atoms with Gasteiger partial charge in [0.05, 0.1) is 5.00 Å². The van der Waals surface area contributed by atoms with Crippen molar-refractivity contribution in [3.8, 4) is 0 Å². The fraction of sp³-hybridized carbons (Fsp3) is 0.412. The number of hydrogen-bond donors (Lipinski definition) is 2. The van der Waals surface area contributed by atoms with E-state index in [9.17, 15) is 24.3 Å². The molecule has 0 saturated carbocycles. The van der Waals surface area contributed by atoms with E-state index in [-0.39, 0.29) is 75.1 Å². The molecule has 0 aliphatic carbocycles. The van der Waals surface area contributed by atoms with Gasteiger partial charge in [-0.05, 0) is 17.5 Å². The number of aliphatic carboxylic acids is 1. The van der Waals surface area contributed by atoms with Gasteiger partial charge in [-0.2, -0.15) is 0 Å². The van der Waals surface area contributed by atoms with E-state index in [0.717, 1.165) is 11.3 Å². The van der Waals surface area contributed by atoms with Gasteiger partial charge in [0.25, 0.3) is 0 Å². The van der Waals surface area contributed by atoms with Gasteiger partial charge in [-0.15, -0.1) is 33.3 Å². The predicted octanol–water partition coefficient (Wildman–Crippen LogP) is 0.569. The average Bonchev–Trinajstić information content (AvgIpc) is 3.36. The van der Waals surface area contributed by atoms with Gasteiger partial charge in [-0.25, -0.2) is 0 Å². The summed E-state index contributed by atoms with van der Waals surface area (Å²) in [5.41, 5.74) is -1.43. The van der Waals surface area contributed by atoms with E-state index in [4.69, 9.17) is 0 Å². The molecule has 2 unspecified atom stereocenters.